The lowest BCUT2D eigenvalue weighted by Crippen LogP contribution is -2.44. The molecule has 4 heteroatoms. The second-order valence-electron chi connectivity index (χ2n) is 9.62. The lowest BCUT2D eigenvalue weighted by atomic mass is 9.91. The summed E-state index contributed by atoms with van der Waals surface area (Å²) in [6, 6.07) is 12.2. The van der Waals surface area contributed by atoms with Gasteiger partial charge in [-0.15, -0.1) is 0 Å². The molecule has 0 N–H and O–H groups in total. The van der Waals surface area contributed by atoms with Crippen LogP contribution in [-0.4, -0.2) is 35.5 Å². The van der Waals surface area contributed by atoms with E-state index in [4.69, 9.17) is 4.74 Å². The highest BCUT2D eigenvalue weighted by atomic mass is 16.6. The van der Waals surface area contributed by atoms with Gasteiger partial charge in [0.1, 0.15) is 5.60 Å². The Hall–Kier alpha value is -3.14. The number of benzene rings is 2. The molecule has 1 amide bonds. The van der Waals surface area contributed by atoms with Crippen LogP contribution >= 0.6 is 0 Å². The van der Waals surface area contributed by atoms with Gasteiger partial charge in [0.25, 0.3) is 0 Å². The fourth-order valence-electron chi connectivity index (χ4n) is 3.95. The number of amides is 1. The maximum atomic E-state index is 13.5. The van der Waals surface area contributed by atoms with E-state index in [2.05, 4.69) is 0 Å². The molecule has 4 nitrogen and oxygen atoms in total. The Bertz CT molecular complexity index is 1000. The fourth-order valence-corrected chi connectivity index (χ4v) is 3.95. The van der Waals surface area contributed by atoms with E-state index in [0.717, 1.165) is 33.4 Å². The number of nitrogens with zero attached hydrogens (tertiary/aromatic N) is 1. The topological polar surface area (TPSA) is 46.6 Å². The molecule has 0 aliphatic carbocycles. The van der Waals surface area contributed by atoms with Crippen molar-refractivity contribution in [3.8, 4) is 0 Å². The van der Waals surface area contributed by atoms with E-state index in [1.54, 1.807) is 4.90 Å². The van der Waals surface area contributed by atoms with Crippen LogP contribution in [0.3, 0.4) is 0 Å². The van der Waals surface area contributed by atoms with Gasteiger partial charge in [0, 0.05) is 11.1 Å². The summed E-state index contributed by atoms with van der Waals surface area (Å²) in [5.74, 6) is -0.0184. The number of ether oxygens (including phenoxy) is 1. The summed E-state index contributed by atoms with van der Waals surface area (Å²) in [6.45, 7) is 14.1. The second kappa shape index (κ2) is 9.15. The maximum absolute atomic E-state index is 13.5. The van der Waals surface area contributed by atoms with Gasteiger partial charge in [0.2, 0.25) is 0 Å². The molecule has 0 unspecified atom stereocenters. The van der Waals surface area contributed by atoms with Crippen molar-refractivity contribution < 1.29 is 14.3 Å². The molecule has 2 aromatic carbocycles. The first-order valence-corrected chi connectivity index (χ1v) is 11.0. The molecule has 1 fully saturated rings. The van der Waals surface area contributed by atoms with Crippen LogP contribution in [0.5, 0.6) is 0 Å². The predicted octanol–water partition coefficient (Wildman–Crippen LogP) is 6.21. The van der Waals surface area contributed by atoms with Crippen molar-refractivity contribution in [2.75, 3.05) is 13.1 Å². The lowest BCUT2D eigenvalue weighted by molar-refractivity contribution is -0.113. The number of carbonyl (C=O) groups excluding carboxylic acids is 2. The van der Waals surface area contributed by atoms with Crippen LogP contribution in [0.1, 0.15) is 54.2 Å². The van der Waals surface area contributed by atoms with Crippen LogP contribution < -0.4 is 0 Å². The SMILES string of the molecule is Cc1cccc(C)c1/C=C1\CN(C(=O)OC(C)(C)C)C/C(=C\c2c(C)cccc2C)C1=O. The summed E-state index contributed by atoms with van der Waals surface area (Å²) in [4.78, 5) is 28.1. The monoisotopic (exact) mass is 431 g/mol. The van der Waals surface area contributed by atoms with E-state index in [1.807, 2.05) is 97.0 Å². The third-order valence-corrected chi connectivity index (χ3v) is 5.68. The zero-order chi connectivity index (χ0) is 23.6. The number of aryl methyl sites for hydroxylation is 4. The Morgan fingerprint density at radius 1 is 0.812 bits per heavy atom. The van der Waals surface area contributed by atoms with Crippen molar-refractivity contribution in [1.82, 2.24) is 4.90 Å². The number of piperidine rings is 1. The van der Waals surface area contributed by atoms with Crippen LogP contribution in [-0.2, 0) is 9.53 Å². The largest absolute Gasteiger partial charge is 0.444 e. The summed E-state index contributed by atoms with van der Waals surface area (Å²) in [5.41, 5.74) is 7.02. The average molecular weight is 432 g/mol. The number of likely N-dealkylation sites (tertiary alicyclic amines) is 1. The van der Waals surface area contributed by atoms with Crippen molar-refractivity contribution in [2.45, 2.75) is 54.1 Å². The molecule has 1 heterocycles. The van der Waals surface area contributed by atoms with Gasteiger partial charge in [-0.1, -0.05) is 36.4 Å². The molecule has 0 saturated carbocycles. The van der Waals surface area contributed by atoms with E-state index in [0.29, 0.717) is 11.1 Å². The van der Waals surface area contributed by atoms with E-state index in [-0.39, 0.29) is 18.9 Å². The van der Waals surface area contributed by atoms with E-state index in [1.165, 1.54) is 0 Å². The average Bonchev–Trinajstić information content (AvgIpc) is 2.68. The third kappa shape index (κ3) is 5.37. The van der Waals surface area contributed by atoms with Crippen molar-refractivity contribution in [3.05, 3.63) is 80.9 Å². The molecule has 0 radical (unpaired) electrons. The number of rotatable bonds is 2. The number of carbonyl (C=O) groups is 2. The Morgan fingerprint density at radius 3 is 1.53 bits per heavy atom. The first-order valence-electron chi connectivity index (χ1n) is 11.0. The third-order valence-electron chi connectivity index (χ3n) is 5.68. The summed E-state index contributed by atoms with van der Waals surface area (Å²) in [5, 5.41) is 0. The van der Waals surface area contributed by atoms with Gasteiger partial charge in [0.05, 0.1) is 13.1 Å². The predicted molar refractivity (Wildman–Crippen MR) is 131 cm³/mol. The molecule has 0 aromatic heterocycles. The summed E-state index contributed by atoms with van der Waals surface area (Å²) in [6.07, 6.45) is 3.45. The van der Waals surface area contributed by atoms with Crippen LogP contribution in [0.15, 0.2) is 47.5 Å². The van der Waals surface area contributed by atoms with Gasteiger partial charge in [0.15, 0.2) is 5.78 Å². The van der Waals surface area contributed by atoms with Gasteiger partial charge in [-0.05, 0) is 94.0 Å². The zero-order valence-electron chi connectivity index (χ0n) is 20.2. The quantitative estimate of drug-likeness (QED) is 0.531. The van der Waals surface area contributed by atoms with Gasteiger partial charge in [-0.2, -0.15) is 0 Å². The van der Waals surface area contributed by atoms with Crippen molar-refractivity contribution in [1.29, 1.82) is 0 Å². The Labute approximate surface area is 191 Å². The minimum absolute atomic E-state index is 0.0184. The zero-order valence-corrected chi connectivity index (χ0v) is 20.2. The Balaban J connectivity index is 2.09. The molecule has 1 aliphatic heterocycles. The molecule has 2 aromatic rings. The smallest absolute Gasteiger partial charge is 0.410 e. The van der Waals surface area contributed by atoms with E-state index < -0.39 is 11.7 Å². The second-order valence-corrected chi connectivity index (χ2v) is 9.62. The van der Waals surface area contributed by atoms with Crippen LogP contribution in [0.25, 0.3) is 12.2 Å². The van der Waals surface area contributed by atoms with Crippen molar-refractivity contribution in [2.24, 2.45) is 0 Å². The van der Waals surface area contributed by atoms with Crippen LogP contribution in [0.2, 0.25) is 0 Å². The maximum Gasteiger partial charge on any atom is 0.410 e. The highest BCUT2D eigenvalue weighted by Gasteiger charge is 2.32. The summed E-state index contributed by atoms with van der Waals surface area (Å²) in [7, 11) is 0. The van der Waals surface area contributed by atoms with Gasteiger partial charge >= 0.3 is 6.09 Å². The number of ketones is 1. The molecule has 32 heavy (non-hydrogen) atoms. The molecule has 3 rings (SSSR count). The normalized spacial score (nSPS) is 17.2. The number of hydrogen-bond acceptors (Lipinski definition) is 3. The minimum atomic E-state index is -0.606. The molecule has 1 saturated heterocycles. The minimum Gasteiger partial charge on any atom is -0.444 e. The lowest BCUT2D eigenvalue weighted by Gasteiger charge is -2.32. The fraction of sp³-hybridized carbons (Fsp3) is 0.357. The Morgan fingerprint density at radius 2 is 1.19 bits per heavy atom. The molecular weight excluding hydrogens is 398 g/mol. The van der Waals surface area contributed by atoms with Gasteiger partial charge in [-0.3, -0.25) is 9.69 Å². The van der Waals surface area contributed by atoms with E-state index >= 15 is 0 Å². The number of Topliss-reactive ketones (excluding diaryl/α,β-unsaturated/α-hetero) is 1. The molecular formula is C28H33NO3. The number of hydrogen-bond donors (Lipinski definition) is 0. The molecule has 0 atom stereocenters. The molecule has 168 valence electrons. The highest BCUT2D eigenvalue weighted by molar-refractivity contribution is 6.15. The standard InChI is InChI=1S/C28H33NO3/c1-18-10-8-11-19(2)24(18)14-22-16-29(27(31)32-28(5,6)7)17-23(26(22)30)15-25-20(3)12-9-13-21(25)4/h8-15H,16-17H2,1-7H3/b22-14+,23-15+. The first kappa shape index (κ1) is 23.5. The summed E-state index contributed by atoms with van der Waals surface area (Å²) >= 11 is 0. The van der Waals surface area contributed by atoms with Crippen LogP contribution in [0, 0.1) is 27.7 Å². The Kier molecular flexibility index (Phi) is 6.73. The van der Waals surface area contributed by atoms with Crippen LogP contribution in [0.4, 0.5) is 4.79 Å². The van der Waals surface area contributed by atoms with E-state index in [9.17, 15) is 9.59 Å². The van der Waals surface area contributed by atoms with Gasteiger partial charge < -0.3 is 4.74 Å². The highest BCUT2D eigenvalue weighted by Crippen LogP contribution is 2.27. The molecule has 0 spiro atoms. The molecule has 0 bridgehead atoms. The first-order chi connectivity index (χ1) is 15.0. The molecule has 1 aliphatic rings. The van der Waals surface area contributed by atoms with Gasteiger partial charge in [-0.25, -0.2) is 4.79 Å². The van der Waals surface area contributed by atoms with Crippen molar-refractivity contribution >= 4 is 24.0 Å². The summed E-state index contributed by atoms with van der Waals surface area (Å²) < 4.78 is 5.63. The van der Waals surface area contributed by atoms with Crippen molar-refractivity contribution in [3.63, 3.8) is 0 Å².